The van der Waals surface area contributed by atoms with Gasteiger partial charge in [0.05, 0.1) is 0 Å². The fourth-order valence-electron chi connectivity index (χ4n) is 1.04. The first-order valence-corrected chi connectivity index (χ1v) is 4.92. The van der Waals surface area contributed by atoms with Crippen LogP contribution in [0.25, 0.3) is 0 Å². The van der Waals surface area contributed by atoms with Gasteiger partial charge in [-0.2, -0.15) is 0 Å². The Morgan fingerprint density at radius 1 is 0.875 bits per heavy atom. The van der Waals surface area contributed by atoms with Gasteiger partial charge in [-0.25, -0.2) is 0 Å². The van der Waals surface area contributed by atoms with Crippen LogP contribution in [-0.2, 0) is 0 Å². The van der Waals surface area contributed by atoms with Crippen molar-refractivity contribution in [2.45, 2.75) is 35.3 Å². The van der Waals surface area contributed by atoms with Crippen LogP contribution in [0.4, 0.5) is 0 Å². The average Bonchev–Trinajstić information content (AvgIpc) is 1.77. The molecule has 0 heterocycles. The van der Waals surface area contributed by atoms with Crippen molar-refractivity contribution in [3.8, 4) is 0 Å². The molecule has 1 aliphatic carbocycles. The van der Waals surface area contributed by atoms with Crippen LogP contribution in [0, 0.1) is 0 Å². The Kier molecular flexibility index (Phi) is 2.84. The summed E-state index contributed by atoms with van der Waals surface area (Å²) in [5, 5.41) is 0. The van der Waals surface area contributed by atoms with Crippen molar-refractivity contribution in [3.63, 3.8) is 0 Å². The minimum absolute atomic E-state index is 0.733. The van der Waals surface area contributed by atoms with Crippen molar-refractivity contribution in [1.29, 1.82) is 0 Å². The summed E-state index contributed by atoms with van der Waals surface area (Å²) >= 11 is 7.21. The molecule has 0 unspecified atom stereocenters. The highest BCUT2D eigenvalue weighted by atomic mass is 79.9. The van der Waals surface area contributed by atoms with Gasteiger partial charge in [0.25, 0.3) is 0 Å². The van der Waals surface area contributed by atoms with Gasteiger partial charge in [-0.1, -0.05) is 44.7 Å². The van der Waals surface area contributed by atoms with Crippen molar-refractivity contribution in [1.82, 2.24) is 0 Å². The van der Waals surface area contributed by atoms with E-state index in [9.17, 15) is 0 Å². The van der Waals surface area contributed by atoms with Crippen molar-refractivity contribution >= 4 is 31.9 Å². The molecule has 0 bridgehead atoms. The zero-order valence-corrected chi connectivity index (χ0v) is 7.91. The summed E-state index contributed by atoms with van der Waals surface area (Å²) in [7, 11) is 0. The van der Waals surface area contributed by atoms with E-state index in [0.717, 1.165) is 9.65 Å². The number of hydrogen-bond donors (Lipinski definition) is 0. The summed E-state index contributed by atoms with van der Waals surface area (Å²) in [6.45, 7) is 0. The number of alkyl halides is 2. The highest BCUT2D eigenvalue weighted by Crippen LogP contribution is 2.29. The molecule has 1 rings (SSSR count). The van der Waals surface area contributed by atoms with Gasteiger partial charge in [-0.05, 0) is 12.8 Å². The molecule has 0 aromatic rings. The third-order valence-corrected chi connectivity index (χ3v) is 4.50. The molecule has 0 spiro atoms. The van der Waals surface area contributed by atoms with Gasteiger partial charge < -0.3 is 0 Å². The summed E-state index contributed by atoms with van der Waals surface area (Å²) in [4.78, 5) is 1.47. The third kappa shape index (κ3) is 1.73. The first-order valence-electron chi connectivity index (χ1n) is 3.09. The topological polar surface area (TPSA) is 0 Å². The summed E-state index contributed by atoms with van der Waals surface area (Å²) in [6, 6.07) is 0. The van der Waals surface area contributed by atoms with Crippen LogP contribution in [0.3, 0.4) is 0 Å². The lowest BCUT2D eigenvalue weighted by Crippen LogP contribution is -2.17. The molecule has 0 aromatic heterocycles. The molecule has 8 heavy (non-hydrogen) atoms. The largest absolute Gasteiger partial charge is 0.0879 e. The predicted octanol–water partition coefficient (Wildman–Crippen LogP) is 3.09. The molecule has 0 amide bonds. The standard InChI is InChI=1S/C6H10Br2/c7-5-3-1-2-4-6(5)8/h5-6H,1-4H2/t5-,6+. The van der Waals surface area contributed by atoms with Gasteiger partial charge >= 0.3 is 0 Å². The van der Waals surface area contributed by atoms with Gasteiger partial charge in [0.15, 0.2) is 0 Å². The van der Waals surface area contributed by atoms with E-state index in [1.54, 1.807) is 0 Å². The van der Waals surface area contributed by atoms with E-state index in [1.807, 2.05) is 0 Å². The van der Waals surface area contributed by atoms with Gasteiger partial charge in [0, 0.05) is 9.65 Å². The van der Waals surface area contributed by atoms with Crippen LogP contribution >= 0.6 is 31.9 Å². The fraction of sp³-hybridized carbons (Fsp3) is 1.00. The second-order valence-corrected chi connectivity index (χ2v) is 4.67. The quantitative estimate of drug-likeness (QED) is 0.572. The molecular formula is C6H10Br2. The second-order valence-electron chi connectivity index (χ2n) is 2.32. The minimum atomic E-state index is 0.733. The SMILES string of the molecule is Br[C@@H]1CCCC[C@@H]1Br. The van der Waals surface area contributed by atoms with Crippen LogP contribution in [-0.4, -0.2) is 9.65 Å². The van der Waals surface area contributed by atoms with E-state index in [0.29, 0.717) is 0 Å². The third-order valence-electron chi connectivity index (χ3n) is 1.60. The summed E-state index contributed by atoms with van der Waals surface area (Å²) in [5.74, 6) is 0. The van der Waals surface area contributed by atoms with Crippen LogP contribution < -0.4 is 0 Å². The molecule has 2 heteroatoms. The zero-order valence-electron chi connectivity index (χ0n) is 4.74. The van der Waals surface area contributed by atoms with Crippen molar-refractivity contribution in [3.05, 3.63) is 0 Å². The maximum atomic E-state index is 3.61. The van der Waals surface area contributed by atoms with Gasteiger partial charge in [0.2, 0.25) is 0 Å². The first kappa shape index (κ1) is 7.07. The van der Waals surface area contributed by atoms with E-state index in [2.05, 4.69) is 31.9 Å². The minimum Gasteiger partial charge on any atom is -0.0879 e. The number of hydrogen-bond acceptors (Lipinski definition) is 0. The molecule has 2 atom stereocenters. The predicted molar refractivity (Wildman–Crippen MR) is 43.9 cm³/mol. The van der Waals surface area contributed by atoms with E-state index < -0.39 is 0 Å². The summed E-state index contributed by atoms with van der Waals surface area (Å²) in [6.07, 6.45) is 5.49. The smallest absolute Gasteiger partial charge is 0.0271 e. The summed E-state index contributed by atoms with van der Waals surface area (Å²) < 4.78 is 0. The molecule has 0 aliphatic heterocycles. The van der Waals surface area contributed by atoms with Gasteiger partial charge in [-0.15, -0.1) is 0 Å². The van der Waals surface area contributed by atoms with E-state index >= 15 is 0 Å². The van der Waals surface area contributed by atoms with Crippen LogP contribution in [0.5, 0.6) is 0 Å². The van der Waals surface area contributed by atoms with E-state index in [4.69, 9.17) is 0 Å². The molecular weight excluding hydrogens is 232 g/mol. The first-order chi connectivity index (χ1) is 3.80. The molecule has 1 aliphatic rings. The average molecular weight is 242 g/mol. The van der Waals surface area contributed by atoms with E-state index in [-0.39, 0.29) is 0 Å². The Labute approximate surface area is 67.3 Å². The Bertz CT molecular complexity index is 62.9. The normalized spacial score (nSPS) is 39.8. The summed E-state index contributed by atoms with van der Waals surface area (Å²) in [5.41, 5.74) is 0. The zero-order chi connectivity index (χ0) is 5.98. The molecule has 0 nitrogen and oxygen atoms in total. The van der Waals surface area contributed by atoms with Crippen molar-refractivity contribution in [2.24, 2.45) is 0 Å². The molecule has 1 fully saturated rings. The van der Waals surface area contributed by atoms with Crippen LogP contribution in [0.15, 0.2) is 0 Å². The molecule has 1 saturated carbocycles. The number of halogens is 2. The molecule has 0 saturated heterocycles. The van der Waals surface area contributed by atoms with Gasteiger partial charge in [-0.3, -0.25) is 0 Å². The lowest BCUT2D eigenvalue weighted by atomic mass is 10.0. The lowest BCUT2D eigenvalue weighted by molar-refractivity contribution is 0.538. The Hall–Kier alpha value is 0.960. The highest BCUT2D eigenvalue weighted by molar-refractivity contribution is 9.12. The van der Waals surface area contributed by atoms with Gasteiger partial charge in [0.1, 0.15) is 0 Å². The Balaban J connectivity index is 2.28. The van der Waals surface area contributed by atoms with Crippen LogP contribution in [0.1, 0.15) is 25.7 Å². The molecule has 48 valence electrons. The van der Waals surface area contributed by atoms with Crippen molar-refractivity contribution < 1.29 is 0 Å². The highest BCUT2D eigenvalue weighted by Gasteiger charge is 2.18. The maximum Gasteiger partial charge on any atom is 0.0271 e. The fourth-order valence-corrected chi connectivity index (χ4v) is 2.22. The lowest BCUT2D eigenvalue weighted by Gasteiger charge is -2.21. The maximum absolute atomic E-state index is 3.61. The monoisotopic (exact) mass is 240 g/mol. The molecule has 0 N–H and O–H groups in total. The van der Waals surface area contributed by atoms with E-state index in [1.165, 1.54) is 25.7 Å². The Morgan fingerprint density at radius 2 is 1.25 bits per heavy atom. The van der Waals surface area contributed by atoms with Crippen molar-refractivity contribution in [2.75, 3.05) is 0 Å². The number of rotatable bonds is 0. The second kappa shape index (κ2) is 3.21. The molecule has 0 aromatic carbocycles. The molecule has 0 radical (unpaired) electrons. The Morgan fingerprint density at radius 3 is 1.50 bits per heavy atom. The van der Waals surface area contributed by atoms with Crippen LogP contribution in [0.2, 0.25) is 0 Å².